The largest absolute Gasteiger partial charge is 0.344 e. The minimum Gasteiger partial charge on any atom is -0.344 e. The van der Waals surface area contributed by atoms with Crippen molar-refractivity contribution in [3.8, 4) is 0 Å². The van der Waals surface area contributed by atoms with Crippen LogP contribution in [0.1, 0.15) is 194 Å². The molecule has 0 bridgehead atoms. The van der Waals surface area contributed by atoms with Gasteiger partial charge in [0.25, 0.3) is 0 Å². The van der Waals surface area contributed by atoms with Crippen molar-refractivity contribution < 1.29 is 9.47 Å². The Labute approximate surface area is 287 Å². The van der Waals surface area contributed by atoms with Crippen LogP contribution in [0.3, 0.4) is 0 Å². The van der Waals surface area contributed by atoms with Crippen molar-refractivity contribution in [1.29, 1.82) is 0 Å². The molecule has 2 fully saturated rings. The summed E-state index contributed by atoms with van der Waals surface area (Å²) in [5.74, 6) is -0.307. The highest BCUT2D eigenvalue weighted by molar-refractivity contribution is 4.96. The lowest BCUT2D eigenvalue weighted by Crippen LogP contribution is -2.34. The number of ether oxygens (including phenoxy) is 2. The molecule has 3 atom stereocenters. The number of allylic oxidation sites excluding steroid dienone is 8. The fourth-order valence-corrected chi connectivity index (χ4v) is 7.15. The minimum atomic E-state index is -0.307. The van der Waals surface area contributed by atoms with Gasteiger partial charge in [-0.2, -0.15) is 0 Å². The van der Waals surface area contributed by atoms with E-state index in [9.17, 15) is 0 Å². The molecule has 1 unspecified atom stereocenters. The Bertz CT molecular complexity index is 735. The summed E-state index contributed by atoms with van der Waals surface area (Å²) in [4.78, 5) is 0. The third-order valence-electron chi connectivity index (χ3n) is 10.1. The first-order chi connectivity index (χ1) is 22.7. The average Bonchev–Trinajstić information content (AvgIpc) is 3.60. The first-order valence-corrected chi connectivity index (χ1v) is 20.4. The molecule has 266 valence electrons. The molecule has 0 aromatic rings. The maximum atomic E-state index is 6.77. The summed E-state index contributed by atoms with van der Waals surface area (Å²) in [6.07, 6.45) is 54.9. The molecule has 1 saturated carbocycles. The molecular weight excluding hydrogens is 562 g/mol. The molecule has 1 saturated heterocycles. The van der Waals surface area contributed by atoms with E-state index < -0.39 is 0 Å². The lowest BCUT2D eigenvalue weighted by molar-refractivity contribution is -0.191. The van der Waals surface area contributed by atoms with Gasteiger partial charge < -0.3 is 14.8 Å². The van der Waals surface area contributed by atoms with Gasteiger partial charge in [0, 0.05) is 18.9 Å². The van der Waals surface area contributed by atoms with E-state index >= 15 is 0 Å². The van der Waals surface area contributed by atoms with Gasteiger partial charge in [-0.15, -0.1) is 0 Å². The Hall–Kier alpha value is -1.16. The Morgan fingerprint density at radius 3 is 1.20 bits per heavy atom. The summed E-state index contributed by atoms with van der Waals surface area (Å²) in [6.45, 7) is 4.54. The first kappa shape index (κ1) is 41.0. The van der Waals surface area contributed by atoms with Crippen LogP contribution in [0.15, 0.2) is 48.6 Å². The van der Waals surface area contributed by atoms with Crippen LogP contribution in [-0.2, 0) is 9.47 Å². The lowest BCUT2D eigenvalue weighted by Gasteiger charge is -2.30. The highest BCUT2D eigenvalue weighted by atomic mass is 16.8. The Morgan fingerprint density at radius 2 is 0.826 bits per heavy atom. The van der Waals surface area contributed by atoms with Crippen LogP contribution in [-0.4, -0.2) is 31.1 Å². The summed E-state index contributed by atoms with van der Waals surface area (Å²) >= 11 is 0. The summed E-state index contributed by atoms with van der Waals surface area (Å²) in [6, 6.07) is 0.553. The van der Waals surface area contributed by atoms with Gasteiger partial charge in [-0.3, -0.25) is 0 Å². The number of rotatable bonds is 31. The van der Waals surface area contributed by atoms with E-state index in [-0.39, 0.29) is 5.79 Å². The maximum Gasteiger partial charge on any atom is 0.169 e. The second-order valence-corrected chi connectivity index (χ2v) is 14.3. The molecule has 2 rings (SSSR count). The van der Waals surface area contributed by atoms with Crippen LogP contribution in [0.4, 0.5) is 0 Å². The van der Waals surface area contributed by atoms with Crippen LogP contribution in [0.2, 0.25) is 0 Å². The van der Waals surface area contributed by atoms with Crippen LogP contribution in [0.25, 0.3) is 0 Å². The molecule has 0 spiro atoms. The van der Waals surface area contributed by atoms with Crippen LogP contribution >= 0.6 is 0 Å². The van der Waals surface area contributed by atoms with E-state index in [0.717, 1.165) is 38.5 Å². The number of hydrogen-bond donors (Lipinski definition) is 1. The number of hydrogen-bond acceptors (Lipinski definition) is 3. The molecule has 1 N–H and O–H groups in total. The van der Waals surface area contributed by atoms with E-state index in [1.54, 1.807) is 0 Å². The quantitative estimate of drug-likeness (QED) is 0.0605. The number of unbranched alkanes of at least 4 members (excludes halogenated alkanes) is 18. The standard InChI is InChI=1S/C43H77NO2/c1-4-6-8-10-12-14-16-18-20-22-24-26-28-30-32-34-36-43(45-41-38-40(44-3)39-42(41)46-43)37-35-33-31-29-27-25-23-21-19-17-15-13-11-9-7-5-2/h12-15,18-21,40-42,44H,4-11,16-17,22-39H2,1-3H3/b14-12-,15-13-,20-18-,21-19-/t40?,41-,42+. The Balaban J connectivity index is 1.52. The molecule has 3 nitrogen and oxygen atoms in total. The van der Waals surface area contributed by atoms with E-state index in [0.29, 0.717) is 18.2 Å². The highest BCUT2D eigenvalue weighted by Gasteiger charge is 2.50. The Kier molecular flexibility index (Phi) is 25.7. The van der Waals surface area contributed by atoms with Gasteiger partial charge in [0.2, 0.25) is 0 Å². The van der Waals surface area contributed by atoms with Crippen LogP contribution in [0, 0.1) is 0 Å². The molecule has 0 amide bonds. The monoisotopic (exact) mass is 640 g/mol. The molecule has 1 aliphatic heterocycles. The molecule has 1 heterocycles. The first-order valence-electron chi connectivity index (χ1n) is 20.4. The van der Waals surface area contributed by atoms with E-state index in [4.69, 9.17) is 9.47 Å². The number of fused-ring (bicyclic) bond motifs is 1. The van der Waals surface area contributed by atoms with Crippen molar-refractivity contribution in [3.05, 3.63) is 48.6 Å². The molecule has 2 aliphatic rings. The molecule has 0 radical (unpaired) electrons. The van der Waals surface area contributed by atoms with Gasteiger partial charge in [0.05, 0.1) is 12.2 Å². The van der Waals surface area contributed by atoms with E-state index in [1.165, 1.54) is 141 Å². The van der Waals surface area contributed by atoms with E-state index in [1.807, 2.05) is 0 Å². The predicted octanol–water partition coefficient (Wildman–Crippen LogP) is 13.3. The highest BCUT2D eigenvalue weighted by Crippen LogP contribution is 2.43. The van der Waals surface area contributed by atoms with Crippen molar-refractivity contribution in [1.82, 2.24) is 5.32 Å². The predicted molar refractivity (Wildman–Crippen MR) is 203 cm³/mol. The molecule has 0 aromatic carbocycles. The van der Waals surface area contributed by atoms with Crippen molar-refractivity contribution in [3.63, 3.8) is 0 Å². The second kappa shape index (κ2) is 28.8. The number of nitrogens with one attached hydrogen (secondary N) is 1. The van der Waals surface area contributed by atoms with Gasteiger partial charge in [-0.25, -0.2) is 0 Å². The van der Waals surface area contributed by atoms with Gasteiger partial charge in [-0.1, -0.05) is 140 Å². The SMILES string of the molecule is CCCCC/C=C\C/C=C\CCCCCCCCC1(CCCCCCCC/C=C\C/C=C\CCCCC)O[C@H]2CC(NC)C[C@H]2O1. The van der Waals surface area contributed by atoms with E-state index in [2.05, 4.69) is 74.8 Å². The zero-order valence-electron chi connectivity index (χ0n) is 31.0. The molecule has 1 aliphatic carbocycles. The van der Waals surface area contributed by atoms with Crippen LogP contribution < -0.4 is 5.32 Å². The van der Waals surface area contributed by atoms with Crippen LogP contribution in [0.5, 0.6) is 0 Å². The van der Waals surface area contributed by atoms with Gasteiger partial charge in [0.15, 0.2) is 5.79 Å². The lowest BCUT2D eigenvalue weighted by atomic mass is 9.98. The fraction of sp³-hybridized carbons (Fsp3) is 0.814. The van der Waals surface area contributed by atoms with Gasteiger partial charge in [0.1, 0.15) is 0 Å². The third kappa shape index (κ3) is 20.3. The smallest absolute Gasteiger partial charge is 0.169 e. The average molecular weight is 640 g/mol. The van der Waals surface area contributed by atoms with Gasteiger partial charge in [-0.05, 0) is 96.9 Å². The molecule has 46 heavy (non-hydrogen) atoms. The molecule has 0 aromatic heterocycles. The molecule has 3 heteroatoms. The van der Waals surface area contributed by atoms with Crippen molar-refractivity contribution in [2.24, 2.45) is 0 Å². The summed E-state index contributed by atoms with van der Waals surface area (Å²) < 4.78 is 13.5. The van der Waals surface area contributed by atoms with Gasteiger partial charge >= 0.3 is 0 Å². The summed E-state index contributed by atoms with van der Waals surface area (Å²) in [5, 5.41) is 3.45. The van der Waals surface area contributed by atoms with Crippen molar-refractivity contribution in [2.75, 3.05) is 7.05 Å². The minimum absolute atomic E-state index is 0.298. The Morgan fingerprint density at radius 1 is 0.478 bits per heavy atom. The fourth-order valence-electron chi connectivity index (χ4n) is 7.15. The van der Waals surface area contributed by atoms with Crippen molar-refractivity contribution in [2.45, 2.75) is 218 Å². The topological polar surface area (TPSA) is 30.5 Å². The zero-order chi connectivity index (χ0) is 32.8. The normalized spacial score (nSPS) is 21.2. The van der Waals surface area contributed by atoms with Crippen molar-refractivity contribution >= 4 is 0 Å². The second-order valence-electron chi connectivity index (χ2n) is 14.3. The summed E-state index contributed by atoms with van der Waals surface area (Å²) in [5.41, 5.74) is 0. The summed E-state index contributed by atoms with van der Waals surface area (Å²) in [7, 11) is 2.08. The third-order valence-corrected chi connectivity index (χ3v) is 10.1. The zero-order valence-corrected chi connectivity index (χ0v) is 31.0. The maximum absolute atomic E-state index is 6.77. The molecular formula is C43H77NO2.